The van der Waals surface area contributed by atoms with Gasteiger partial charge in [0.15, 0.2) is 5.69 Å². The molecule has 1 aromatic heterocycles. The molecule has 1 aromatic carbocycles. The van der Waals surface area contributed by atoms with Crippen molar-refractivity contribution in [2.75, 3.05) is 38.2 Å². The zero-order chi connectivity index (χ0) is 22.9. The first-order chi connectivity index (χ1) is 14.6. The lowest BCUT2D eigenvalue weighted by atomic mass is 10.1. The molecule has 0 bridgehead atoms. The van der Waals surface area contributed by atoms with E-state index in [2.05, 4.69) is 10.00 Å². The monoisotopic (exact) mass is 479 g/mol. The Hall–Kier alpha value is -2.17. The van der Waals surface area contributed by atoms with Crippen LogP contribution in [-0.4, -0.2) is 53.9 Å². The maximum Gasteiger partial charge on any atom is 0.436 e. The molecule has 1 aliphatic rings. The summed E-state index contributed by atoms with van der Waals surface area (Å²) in [5.74, 6) is 0.191. The Morgan fingerprint density at radius 2 is 1.84 bits per heavy atom. The molecule has 0 radical (unpaired) electrons. The predicted molar refractivity (Wildman–Crippen MR) is 112 cm³/mol. The Bertz CT molecular complexity index is 947. The van der Waals surface area contributed by atoms with Gasteiger partial charge in [0.1, 0.15) is 12.3 Å². The topological polar surface area (TPSA) is 76.6 Å². The Balaban J connectivity index is 1.67. The van der Waals surface area contributed by atoms with E-state index in [9.17, 15) is 18.0 Å². The number of aromatic nitrogens is 2. The minimum absolute atomic E-state index is 0.101. The Morgan fingerprint density at radius 3 is 2.35 bits per heavy atom. The van der Waals surface area contributed by atoms with Crippen molar-refractivity contribution >= 4 is 34.8 Å². The second kappa shape index (κ2) is 9.13. The highest BCUT2D eigenvalue weighted by atomic mass is 35.5. The number of halogens is 5. The Morgan fingerprint density at radius 1 is 1.19 bits per heavy atom. The Labute approximate surface area is 187 Å². The third-order valence-electron chi connectivity index (χ3n) is 5.22. The molecule has 0 spiro atoms. The lowest BCUT2D eigenvalue weighted by molar-refractivity contribution is -0.142. The third kappa shape index (κ3) is 4.86. The molecule has 3 rings (SSSR count). The van der Waals surface area contributed by atoms with E-state index in [4.69, 9.17) is 33.7 Å². The zero-order valence-corrected chi connectivity index (χ0v) is 18.5. The van der Waals surface area contributed by atoms with E-state index in [0.717, 1.165) is 15.9 Å². The molecular formula is C19H22Cl2F3N5O2. The quantitative estimate of drug-likeness (QED) is 0.711. The van der Waals surface area contributed by atoms with Crippen molar-refractivity contribution in [3.05, 3.63) is 39.1 Å². The van der Waals surface area contributed by atoms with E-state index in [1.54, 1.807) is 4.90 Å². The number of carbonyl (C=O) groups excluding carboxylic acids is 1. The molecule has 2 heterocycles. The van der Waals surface area contributed by atoms with Crippen LogP contribution < -0.4 is 15.4 Å². The number of nitrogens with zero attached hydrogens (tertiary/aromatic N) is 4. The van der Waals surface area contributed by atoms with E-state index >= 15 is 0 Å². The van der Waals surface area contributed by atoms with E-state index in [1.807, 2.05) is 12.1 Å². The second-order valence-corrected chi connectivity index (χ2v) is 7.85. The van der Waals surface area contributed by atoms with Gasteiger partial charge in [0, 0.05) is 44.5 Å². The normalized spacial score (nSPS) is 14.8. The van der Waals surface area contributed by atoms with Crippen LogP contribution in [0.1, 0.15) is 17.0 Å². The highest BCUT2D eigenvalue weighted by Gasteiger charge is 2.38. The summed E-state index contributed by atoms with van der Waals surface area (Å²) in [6, 6.07) is 3.70. The molecule has 1 fully saturated rings. The van der Waals surface area contributed by atoms with Crippen molar-refractivity contribution in [1.82, 2.24) is 14.7 Å². The number of ether oxygens (including phenoxy) is 1. The summed E-state index contributed by atoms with van der Waals surface area (Å²) in [5, 5.41) is 3.47. The minimum Gasteiger partial charge on any atom is -0.495 e. The van der Waals surface area contributed by atoms with Gasteiger partial charge in [-0.2, -0.15) is 18.3 Å². The highest BCUT2D eigenvalue weighted by Crippen LogP contribution is 2.36. The van der Waals surface area contributed by atoms with Gasteiger partial charge in [-0.3, -0.25) is 9.48 Å². The van der Waals surface area contributed by atoms with Gasteiger partial charge in [-0.05, 0) is 18.6 Å². The number of piperazine rings is 1. The fourth-order valence-electron chi connectivity index (χ4n) is 3.42. The van der Waals surface area contributed by atoms with Crippen LogP contribution in [0.25, 0.3) is 0 Å². The van der Waals surface area contributed by atoms with Gasteiger partial charge >= 0.3 is 6.18 Å². The van der Waals surface area contributed by atoms with Gasteiger partial charge in [0.25, 0.3) is 0 Å². The van der Waals surface area contributed by atoms with Gasteiger partial charge in [0.05, 0.1) is 22.8 Å². The molecule has 0 aliphatic carbocycles. The van der Waals surface area contributed by atoms with Crippen LogP contribution in [0.3, 0.4) is 0 Å². The lowest BCUT2D eigenvalue weighted by Gasteiger charge is -2.36. The number of rotatable bonds is 5. The van der Waals surface area contributed by atoms with Crippen LogP contribution in [0.5, 0.6) is 5.75 Å². The second-order valence-electron chi connectivity index (χ2n) is 7.10. The van der Waals surface area contributed by atoms with Crippen molar-refractivity contribution in [1.29, 1.82) is 0 Å². The first-order valence-corrected chi connectivity index (χ1v) is 10.2. The number of amides is 1. The largest absolute Gasteiger partial charge is 0.495 e. The van der Waals surface area contributed by atoms with Crippen molar-refractivity contribution in [3.63, 3.8) is 0 Å². The number of benzene rings is 1. The smallest absolute Gasteiger partial charge is 0.436 e. The summed E-state index contributed by atoms with van der Waals surface area (Å²) in [4.78, 5) is 16.3. The number of anilines is 1. The fraction of sp³-hybridized carbons (Fsp3) is 0.474. The van der Waals surface area contributed by atoms with E-state index in [-0.39, 0.29) is 24.7 Å². The molecular weight excluding hydrogens is 458 g/mol. The standard InChI is InChI=1S/C19H22Cl2F3N5O2/c1-11-16(20)18(19(22,23)24)26-29(11)10-15(30)28-5-3-27(4-6-28)13-7-12(9-25)17(21)14(8-13)31-2/h7-8H,3-6,9-10,25H2,1-2H3. The molecule has 1 amide bonds. The molecule has 170 valence electrons. The number of carbonyl (C=O) groups is 1. The van der Waals surface area contributed by atoms with Gasteiger partial charge in [-0.1, -0.05) is 23.2 Å². The van der Waals surface area contributed by atoms with Crippen LogP contribution in [0.4, 0.5) is 18.9 Å². The van der Waals surface area contributed by atoms with Crippen LogP contribution >= 0.6 is 23.2 Å². The van der Waals surface area contributed by atoms with Crippen molar-refractivity contribution < 1.29 is 22.7 Å². The van der Waals surface area contributed by atoms with E-state index in [0.29, 0.717) is 37.0 Å². The lowest BCUT2D eigenvalue weighted by Crippen LogP contribution is -2.49. The van der Waals surface area contributed by atoms with Gasteiger partial charge in [-0.25, -0.2) is 0 Å². The molecule has 0 saturated carbocycles. The van der Waals surface area contributed by atoms with E-state index in [1.165, 1.54) is 14.0 Å². The molecule has 12 heteroatoms. The van der Waals surface area contributed by atoms with Crippen LogP contribution in [0.15, 0.2) is 12.1 Å². The molecule has 0 atom stereocenters. The average molecular weight is 480 g/mol. The summed E-state index contributed by atoms with van der Waals surface area (Å²) >= 11 is 12.0. The SMILES string of the molecule is COc1cc(N2CCN(C(=O)Cn3nc(C(F)(F)F)c(Cl)c3C)CC2)cc(CN)c1Cl. The summed E-state index contributed by atoms with van der Waals surface area (Å²) in [5.41, 5.74) is 6.30. The van der Waals surface area contributed by atoms with E-state index < -0.39 is 16.9 Å². The predicted octanol–water partition coefficient (Wildman–Crippen LogP) is 3.33. The molecule has 0 unspecified atom stereocenters. The maximum absolute atomic E-state index is 13.0. The summed E-state index contributed by atoms with van der Waals surface area (Å²) < 4.78 is 45.3. The number of hydrogen-bond donors (Lipinski definition) is 1. The summed E-state index contributed by atoms with van der Waals surface area (Å²) in [7, 11) is 1.52. The third-order valence-corrected chi connectivity index (χ3v) is 6.11. The van der Waals surface area contributed by atoms with Gasteiger partial charge < -0.3 is 20.3 Å². The number of nitrogens with two attached hydrogens (primary N) is 1. The molecule has 2 aromatic rings. The number of alkyl halides is 3. The molecule has 1 aliphatic heterocycles. The van der Waals surface area contributed by atoms with Crippen LogP contribution in [0, 0.1) is 6.92 Å². The minimum atomic E-state index is -4.68. The Kier molecular flexibility index (Phi) is 6.92. The van der Waals surface area contributed by atoms with Gasteiger partial charge in [0.2, 0.25) is 5.91 Å². The van der Waals surface area contributed by atoms with Crippen molar-refractivity contribution in [3.8, 4) is 5.75 Å². The summed E-state index contributed by atoms with van der Waals surface area (Å²) in [6.07, 6.45) is -4.68. The molecule has 2 N–H and O–H groups in total. The first-order valence-electron chi connectivity index (χ1n) is 9.46. The van der Waals surface area contributed by atoms with Crippen molar-refractivity contribution in [2.45, 2.75) is 26.2 Å². The van der Waals surface area contributed by atoms with Crippen molar-refractivity contribution in [2.24, 2.45) is 5.73 Å². The number of methoxy groups -OCH3 is 1. The maximum atomic E-state index is 13.0. The first kappa shape index (κ1) is 23.5. The average Bonchev–Trinajstić information content (AvgIpc) is 3.02. The molecule has 1 saturated heterocycles. The number of hydrogen-bond acceptors (Lipinski definition) is 5. The van der Waals surface area contributed by atoms with Crippen LogP contribution in [-0.2, 0) is 24.1 Å². The summed E-state index contributed by atoms with van der Waals surface area (Å²) in [6.45, 7) is 3.23. The molecule has 31 heavy (non-hydrogen) atoms. The van der Waals surface area contributed by atoms with Gasteiger partial charge in [-0.15, -0.1) is 0 Å². The zero-order valence-electron chi connectivity index (χ0n) is 17.0. The van der Waals surface area contributed by atoms with Crippen LogP contribution in [0.2, 0.25) is 10.0 Å². The fourth-order valence-corrected chi connectivity index (χ4v) is 3.93. The highest BCUT2D eigenvalue weighted by molar-refractivity contribution is 6.33. The molecule has 7 nitrogen and oxygen atoms in total.